The molecule has 1 atom stereocenters. The Balaban J connectivity index is 2.15. The lowest BCUT2D eigenvalue weighted by Crippen LogP contribution is -2.15. The van der Waals surface area contributed by atoms with Crippen LogP contribution in [0.15, 0.2) is 63.8 Å². The second-order valence-electron chi connectivity index (χ2n) is 4.15. The molecule has 3 rings (SSSR count). The minimum absolute atomic E-state index is 0.164. The summed E-state index contributed by atoms with van der Waals surface area (Å²) in [6.07, 6.45) is 3.34. The standard InChI is InChI=1S/C14H12BrN3O/c15-11-9-17-18(14(11)16)13(12-7-4-8-19-12)10-5-2-1-3-6-10/h1-9,13H,16H2. The molecular formula is C14H12BrN3O. The molecule has 0 fully saturated rings. The van der Waals surface area contributed by atoms with E-state index in [1.807, 2.05) is 42.5 Å². The van der Waals surface area contributed by atoms with E-state index in [-0.39, 0.29) is 6.04 Å². The number of furan rings is 1. The summed E-state index contributed by atoms with van der Waals surface area (Å²) in [6.45, 7) is 0. The maximum absolute atomic E-state index is 6.06. The summed E-state index contributed by atoms with van der Waals surface area (Å²) < 4.78 is 8.06. The zero-order valence-corrected chi connectivity index (χ0v) is 11.6. The predicted octanol–water partition coefficient (Wildman–Crippen LogP) is 3.46. The second kappa shape index (κ2) is 4.93. The highest BCUT2D eigenvalue weighted by Gasteiger charge is 2.22. The number of nitrogens with zero attached hydrogens (tertiary/aromatic N) is 2. The van der Waals surface area contributed by atoms with Crippen molar-refractivity contribution in [3.63, 3.8) is 0 Å². The number of nitrogen functional groups attached to an aromatic ring is 1. The minimum atomic E-state index is -0.164. The zero-order chi connectivity index (χ0) is 13.2. The van der Waals surface area contributed by atoms with E-state index in [9.17, 15) is 0 Å². The van der Waals surface area contributed by atoms with Crippen LogP contribution < -0.4 is 5.73 Å². The third-order valence-electron chi connectivity index (χ3n) is 2.96. The average Bonchev–Trinajstić information content (AvgIpc) is 3.06. The van der Waals surface area contributed by atoms with Gasteiger partial charge in [0.2, 0.25) is 0 Å². The SMILES string of the molecule is Nc1c(Br)cnn1C(c1ccccc1)c1ccco1. The molecule has 0 spiro atoms. The molecule has 19 heavy (non-hydrogen) atoms. The monoisotopic (exact) mass is 317 g/mol. The van der Waals surface area contributed by atoms with Gasteiger partial charge < -0.3 is 10.2 Å². The van der Waals surface area contributed by atoms with Gasteiger partial charge in [0.15, 0.2) is 0 Å². The lowest BCUT2D eigenvalue weighted by atomic mass is 10.0. The molecular weight excluding hydrogens is 306 g/mol. The number of hydrogen-bond acceptors (Lipinski definition) is 3. The summed E-state index contributed by atoms with van der Waals surface area (Å²) in [7, 11) is 0. The van der Waals surface area contributed by atoms with Gasteiger partial charge in [-0.2, -0.15) is 5.10 Å². The van der Waals surface area contributed by atoms with Crippen LogP contribution in [0.25, 0.3) is 0 Å². The smallest absolute Gasteiger partial charge is 0.137 e. The molecule has 0 saturated heterocycles. The van der Waals surface area contributed by atoms with E-state index < -0.39 is 0 Å². The number of anilines is 1. The topological polar surface area (TPSA) is 57.0 Å². The molecule has 0 aliphatic rings. The largest absolute Gasteiger partial charge is 0.467 e. The van der Waals surface area contributed by atoms with E-state index in [0.29, 0.717) is 5.82 Å². The molecule has 2 aromatic heterocycles. The summed E-state index contributed by atoms with van der Waals surface area (Å²) in [5.74, 6) is 1.37. The predicted molar refractivity (Wildman–Crippen MR) is 76.7 cm³/mol. The molecule has 0 amide bonds. The van der Waals surface area contributed by atoms with E-state index in [2.05, 4.69) is 21.0 Å². The van der Waals surface area contributed by atoms with Crippen molar-refractivity contribution in [2.75, 3.05) is 5.73 Å². The quantitative estimate of drug-likeness (QED) is 0.804. The van der Waals surface area contributed by atoms with Crippen LogP contribution in [0.5, 0.6) is 0 Å². The van der Waals surface area contributed by atoms with Gasteiger partial charge in [0.05, 0.1) is 16.9 Å². The van der Waals surface area contributed by atoms with E-state index in [1.165, 1.54) is 0 Å². The maximum Gasteiger partial charge on any atom is 0.137 e. The van der Waals surface area contributed by atoms with Crippen LogP contribution in [0.3, 0.4) is 0 Å². The molecule has 3 aromatic rings. The molecule has 0 radical (unpaired) electrons. The Morgan fingerprint density at radius 3 is 2.53 bits per heavy atom. The Morgan fingerprint density at radius 2 is 1.95 bits per heavy atom. The van der Waals surface area contributed by atoms with Gasteiger partial charge in [0.25, 0.3) is 0 Å². The Hall–Kier alpha value is -2.01. The molecule has 96 valence electrons. The van der Waals surface area contributed by atoms with Crippen molar-refractivity contribution >= 4 is 21.7 Å². The number of halogens is 1. The van der Waals surface area contributed by atoms with Crippen molar-refractivity contribution < 1.29 is 4.42 Å². The molecule has 0 saturated carbocycles. The molecule has 1 aromatic carbocycles. The Morgan fingerprint density at radius 1 is 1.16 bits per heavy atom. The fourth-order valence-electron chi connectivity index (χ4n) is 2.06. The first-order chi connectivity index (χ1) is 9.27. The van der Waals surface area contributed by atoms with Crippen molar-refractivity contribution in [1.29, 1.82) is 0 Å². The van der Waals surface area contributed by atoms with E-state index >= 15 is 0 Å². The first-order valence-corrected chi connectivity index (χ1v) is 6.63. The van der Waals surface area contributed by atoms with Crippen molar-refractivity contribution in [2.45, 2.75) is 6.04 Å². The van der Waals surface area contributed by atoms with Crippen molar-refractivity contribution in [3.05, 3.63) is 70.7 Å². The molecule has 2 N–H and O–H groups in total. The fraction of sp³-hybridized carbons (Fsp3) is 0.0714. The maximum atomic E-state index is 6.06. The van der Waals surface area contributed by atoms with Gasteiger partial charge in [0.1, 0.15) is 17.6 Å². The van der Waals surface area contributed by atoms with Gasteiger partial charge in [-0.15, -0.1) is 0 Å². The summed E-state index contributed by atoms with van der Waals surface area (Å²) in [4.78, 5) is 0. The molecule has 1 unspecified atom stereocenters. The van der Waals surface area contributed by atoms with Crippen molar-refractivity contribution in [3.8, 4) is 0 Å². The number of rotatable bonds is 3. The van der Waals surface area contributed by atoms with Gasteiger partial charge >= 0.3 is 0 Å². The third kappa shape index (κ3) is 2.17. The van der Waals surface area contributed by atoms with Crippen LogP contribution in [-0.2, 0) is 0 Å². The van der Waals surface area contributed by atoms with Crippen molar-refractivity contribution in [2.24, 2.45) is 0 Å². The summed E-state index contributed by atoms with van der Waals surface area (Å²) in [5, 5.41) is 4.33. The van der Waals surface area contributed by atoms with Crippen LogP contribution in [0.2, 0.25) is 0 Å². The van der Waals surface area contributed by atoms with E-state index in [4.69, 9.17) is 10.2 Å². The zero-order valence-electron chi connectivity index (χ0n) is 10.0. The highest BCUT2D eigenvalue weighted by atomic mass is 79.9. The lowest BCUT2D eigenvalue weighted by Gasteiger charge is -2.17. The van der Waals surface area contributed by atoms with Crippen LogP contribution in [0.4, 0.5) is 5.82 Å². The summed E-state index contributed by atoms with van der Waals surface area (Å²) >= 11 is 3.38. The number of benzene rings is 1. The number of hydrogen-bond donors (Lipinski definition) is 1. The number of nitrogens with two attached hydrogens (primary N) is 1. The first kappa shape index (κ1) is 12.0. The molecule has 2 heterocycles. The normalized spacial score (nSPS) is 12.5. The molecule has 0 bridgehead atoms. The van der Waals surface area contributed by atoms with Gasteiger partial charge in [-0.05, 0) is 33.6 Å². The van der Waals surface area contributed by atoms with Gasteiger partial charge in [0, 0.05) is 0 Å². The Bertz CT molecular complexity index is 661. The molecule has 5 heteroatoms. The lowest BCUT2D eigenvalue weighted by molar-refractivity contribution is 0.444. The van der Waals surface area contributed by atoms with Crippen molar-refractivity contribution in [1.82, 2.24) is 9.78 Å². The summed E-state index contributed by atoms with van der Waals surface area (Å²) in [6, 6.07) is 13.6. The van der Waals surface area contributed by atoms with Gasteiger partial charge in [-0.3, -0.25) is 0 Å². The van der Waals surface area contributed by atoms with Crippen LogP contribution in [0, 0.1) is 0 Å². The van der Waals surface area contributed by atoms with Crippen LogP contribution in [-0.4, -0.2) is 9.78 Å². The summed E-state index contributed by atoms with van der Waals surface area (Å²) in [5.41, 5.74) is 7.13. The first-order valence-electron chi connectivity index (χ1n) is 5.84. The highest BCUT2D eigenvalue weighted by Crippen LogP contribution is 2.31. The minimum Gasteiger partial charge on any atom is -0.467 e. The van der Waals surface area contributed by atoms with Gasteiger partial charge in [-0.1, -0.05) is 30.3 Å². The highest BCUT2D eigenvalue weighted by molar-refractivity contribution is 9.10. The third-order valence-corrected chi connectivity index (χ3v) is 3.57. The van der Waals surface area contributed by atoms with Crippen LogP contribution in [0.1, 0.15) is 17.4 Å². The average molecular weight is 318 g/mol. The van der Waals surface area contributed by atoms with E-state index in [1.54, 1.807) is 17.1 Å². The molecule has 0 aliphatic carbocycles. The fourth-order valence-corrected chi connectivity index (χ4v) is 2.34. The number of aromatic nitrogens is 2. The van der Waals surface area contributed by atoms with Crippen LogP contribution >= 0.6 is 15.9 Å². The van der Waals surface area contributed by atoms with Gasteiger partial charge in [-0.25, -0.2) is 4.68 Å². The molecule has 0 aliphatic heterocycles. The second-order valence-corrected chi connectivity index (χ2v) is 5.01. The Kier molecular flexibility index (Phi) is 3.13. The molecule has 4 nitrogen and oxygen atoms in total. The van der Waals surface area contributed by atoms with E-state index in [0.717, 1.165) is 15.8 Å². The Labute approximate surface area is 119 Å².